The average molecular weight is 322 g/mol. The predicted octanol–water partition coefficient (Wildman–Crippen LogP) is 3.45. The zero-order valence-corrected chi connectivity index (χ0v) is 14.1. The summed E-state index contributed by atoms with van der Waals surface area (Å²) in [5.74, 6) is 1.20. The molecule has 3 rings (SSSR count). The number of thiophene rings is 1. The number of hydrogen-bond acceptors (Lipinski definition) is 3. The van der Waals surface area contributed by atoms with Gasteiger partial charge >= 0.3 is 6.03 Å². The van der Waals surface area contributed by atoms with E-state index in [2.05, 4.69) is 29.8 Å². The van der Waals surface area contributed by atoms with E-state index >= 15 is 0 Å². The lowest BCUT2D eigenvalue weighted by atomic mass is 10.1. The summed E-state index contributed by atoms with van der Waals surface area (Å²) in [6.07, 6.45) is 4.98. The van der Waals surface area contributed by atoms with Crippen molar-refractivity contribution in [2.24, 2.45) is 5.92 Å². The van der Waals surface area contributed by atoms with Gasteiger partial charge in [0.25, 0.3) is 0 Å². The van der Waals surface area contributed by atoms with Crippen LogP contribution < -0.4 is 5.32 Å². The second-order valence-corrected chi connectivity index (χ2v) is 7.54. The maximum Gasteiger partial charge on any atom is 0.317 e. The van der Waals surface area contributed by atoms with Gasteiger partial charge < -0.3 is 15.0 Å². The lowest BCUT2D eigenvalue weighted by Gasteiger charge is -2.32. The van der Waals surface area contributed by atoms with Crippen molar-refractivity contribution < 1.29 is 9.53 Å². The summed E-state index contributed by atoms with van der Waals surface area (Å²) in [5, 5.41) is 5.15. The van der Waals surface area contributed by atoms with Crippen LogP contribution in [0.4, 0.5) is 4.79 Å². The quantitative estimate of drug-likeness (QED) is 0.871. The Morgan fingerprint density at radius 2 is 2.18 bits per heavy atom. The normalized spacial score (nSPS) is 20.9. The first-order valence-corrected chi connectivity index (χ1v) is 9.28. The van der Waals surface area contributed by atoms with Gasteiger partial charge in [-0.2, -0.15) is 0 Å². The molecule has 5 heteroatoms. The zero-order valence-electron chi connectivity index (χ0n) is 13.3. The molecular weight excluding hydrogens is 296 g/mol. The van der Waals surface area contributed by atoms with Crippen LogP contribution in [-0.2, 0) is 4.74 Å². The molecule has 1 saturated heterocycles. The summed E-state index contributed by atoms with van der Waals surface area (Å²) in [7, 11) is 0. The number of rotatable bonds is 6. The molecule has 2 fully saturated rings. The van der Waals surface area contributed by atoms with Crippen LogP contribution >= 0.6 is 11.3 Å². The summed E-state index contributed by atoms with van der Waals surface area (Å²) in [6.45, 7) is 5.42. The van der Waals surface area contributed by atoms with Gasteiger partial charge in [-0.3, -0.25) is 0 Å². The standard InChI is InChI=1S/C17H26N2O2S/c1-13(16-3-2-10-22-16)11-18-17(20)19-8-6-15(7-9-19)21-12-14-4-5-14/h2-3,10,13-15H,4-9,11-12H2,1H3,(H,18,20). The lowest BCUT2D eigenvalue weighted by Crippen LogP contribution is -2.46. The highest BCUT2D eigenvalue weighted by Crippen LogP contribution is 2.30. The molecule has 22 heavy (non-hydrogen) atoms. The number of hydrogen-bond donors (Lipinski definition) is 1. The van der Waals surface area contributed by atoms with Crippen LogP contribution in [0.2, 0.25) is 0 Å². The number of nitrogens with one attached hydrogen (secondary N) is 1. The zero-order chi connectivity index (χ0) is 15.4. The van der Waals surface area contributed by atoms with Crippen molar-refractivity contribution in [2.75, 3.05) is 26.2 Å². The van der Waals surface area contributed by atoms with Crippen LogP contribution in [0, 0.1) is 5.92 Å². The van der Waals surface area contributed by atoms with Gasteiger partial charge in [0.15, 0.2) is 0 Å². The molecule has 1 atom stereocenters. The highest BCUT2D eigenvalue weighted by atomic mass is 32.1. The number of piperidine rings is 1. The third-order valence-corrected chi connectivity index (χ3v) is 5.69. The van der Waals surface area contributed by atoms with Crippen molar-refractivity contribution in [1.82, 2.24) is 10.2 Å². The molecule has 0 bridgehead atoms. The van der Waals surface area contributed by atoms with Gasteiger partial charge in [-0.1, -0.05) is 13.0 Å². The fourth-order valence-electron chi connectivity index (χ4n) is 2.81. The third-order valence-electron chi connectivity index (χ3n) is 4.58. The number of nitrogens with zero attached hydrogens (tertiary/aromatic N) is 1. The first-order chi connectivity index (χ1) is 10.7. The summed E-state index contributed by atoms with van der Waals surface area (Å²) >= 11 is 1.75. The smallest absolute Gasteiger partial charge is 0.317 e. The maximum absolute atomic E-state index is 12.2. The van der Waals surface area contributed by atoms with Crippen molar-refractivity contribution in [3.63, 3.8) is 0 Å². The second kappa shape index (κ2) is 7.47. The minimum Gasteiger partial charge on any atom is -0.378 e. The Bertz CT molecular complexity index is 465. The van der Waals surface area contributed by atoms with E-state index in [1.807, 2.05) is 4.90 Å². The highest BCUT2D eigenvalue weighted by Gasteiger charge is 2.26. The Morgan fingerprint density at radius 1 is 1.41 bits per heavy atom. The SMILES string of the molecule is CC(CNC(=O)N1CCC(OCC2CC2)CC1)c1cccs1. The fourth-order valence-corrected chi connectivity index (χ4v) is 3.59. The van der Waals surface area contributed by atoms with Gasteiger partial charge in [0.1, 0.15) is 0 Å². The van der Waals surface area contributed by atoms with Crippen LogP contribution in [0.15, 0.2) is 17.5 Å². The Kier molecular flexibility index (Phi) is 5.37. The Hall–Kier alpha value is -1.07. The number of urea groups is 1. The van der Waals surface area contributed by atoms with Gasteiger partial charge in [-0.25, -0.2) is 4.79 Å². The van der Waals surface area contributed by atoms with Crippen LogP contribution in [0.1, 0.15) is 43.4 Å². The molecule has 1 aromatic heterocycles. The molecule has 4 nitrogen and oxygen atoms in total. The Morgan fingerprint density at radius 3 is 2.82 bits per heavy atom. The van der Waals surface area contributed by atoms with E-state index in [0.717, 1.165) is 38.5 Å². The van der Waals surface area contributed by atoms with E-state index in [9.17, 15) is 4.79 Å². The minimum atomic E-state index is 0.0732. The van der Waals surface area contributed by atoms with Gasteiger partial charge in [0.05, 0.1) is 6.10 Å². The minimum absolute atomic E-state index is 0.0732. The number of likely N-dealkylation sites (tertiary alicyclic amines) is 1. The first kappa shape index (κ1) is 15.8. The van der Waals surface area contributed by atoms with Gasteiger partial charge in [-0.15, -0.1) is 11.3 Å². The van der Waals surface area contributed by atoms with E-state index in [1.165, 1.54) is 17.7 Å². The summed E-state index contributed by atoms with van der Waals surface area (Å²) in [6, 6.07) is 4.26. The van der Waals surface area contributed by atoms with Crippen molar-refractivity contribution >= 4 is 17.4 Å². The molecule has 2 amide bonds. The van der Waals surface area contributed by atoms with Gasteiger partial charge in [0, 0.05) is 37.0 Å². The molecule has 1 aliphatic carbocycles. The number of amides is 2. The highest BCUT2D eigenvalue weighted by molar-refractivity contribution is 7.10. The second-order valence-electron chi connectivity index (χ2n) is 6.57. The van der Waals surface area contributed by atoms with E-state index in [0.29, 0.717) is 18.6 Å². The third kappa shape index (κ3) is 4.46. The molecule has 122 valence electrons. The van der Waals surface area contributed by atoms with E-state index in [-0.39, 0.29) is 6.03 Å². The van der Waals surface area contributed by atoms with Crippen LogP contribution in [-0.4, -0.2) is 43.3 Å². The molecule has 2 aliphatic rings. The average Bonchev–Trinajstić information content (AvgIpc) is 3.22. The van der Waals surface area contributed by atoms with Crippen molar-refractivity contribution in [2.45, 2.75) is 44.6 Å². The monoisotopic (exact) mass is 322 g/mol. The number of ether oxygens (including phenoxy) is 1. The van der Waals surface area contributed by atoms with Crippen molar-refractivity contribution in [3.8, 4) is 0 Å². The maximum atomic E-state index is 12.2. The van der Waals surface area contributed by atoms with E-state index in [1.54, 1.807) is 11.3 Å². The van der Waals surface area contributed by atoms with Crippen LogP contribution in [0.3, 0.4) is 0 Å². The molecule has 1 aliphatic heterocycles. The Balaban J connectivity index is 1.34. The lowest BCUT2D eigenvalue weighted by molar-refractivity contribution is 0.00948. The molecular formula is C17H26N2O2S. The van der Waals surface area contributed by atoms with Crippen LogP contribution in [0.5, 0.6) is 0 Å². The fraction of sp³-hybridized carbons (Fsp3) is 0.706. The molecule has 1 saturated carbocycles. The predicted molar refractivity (Wildman–Crippen MR) is 89.4 cm³/mol. The molecule has 1 unspecified atom stereocenters. The largest absolute Gasteiger partial charge is 0.378 e. The molecule has 1 N–H and O–H groups in total. The number of carbonyl (C=O) groups is 1. The summed E-state index contributed by atoms with van der Waals surface area (Å²) in [5.41, 5.74) is 0. The molecule has 2 heterocycles. The van der Waals surface area contributed by atoms with Crippen molar-refractivity contribution in [3.05, 3.63) is 22.4 Å². The molecule has 0 radical (unpaired) electrons. The molecule has 0 spiro atoms. The molecule has 0 aromatic carbocycles. The summed E-state index contributed by atoms with van der Waals surface area (Å²) < 4.78 is 5.93. The Labute approximate surface area is 136 Å². The van der Waals surface area contributed by atoms with E-state index < -0.39 is 0 Å². The van der Waals surface area contributed by atoms with Crippen molar-refractivity contribution in [1.29, 1.82) is 0 Å². The first-order valence-electron chi connectivity index (χ1n) is 8.40. The van der Waals surface area contributed by atoms with E-state index in [4.69, 9.17) is 4.74 Å². The molecule has 1 aromatic rings. The topological polar surface area (TPSA) is 41.6 Å². The van der Waals surface area contributed by atoms with Gasteiger partial charge in [-0.05, 0) is 43.0 Å². The summed E-state index contributed by atoms with van der Waals surface area (Å²) in [4.78, 5) is 15.5. The van der Waals surface area contributed by atoms with Crippen LogP contribution in [0.25, 0.3) is 0 Å². The number of carbonyl (C=O) groups excluding carboxylic acids is 1. The van der Waals surface area contributed by atoms with Gasteiger partial charge in [0.2, 0.25) is 0 Å².